The van der Waals surface area contributed by atoms with Crippen molar-refractivity contribution in [3.8, 4) is 0 Å². The largest absolute Gasteiger partial charge is 0.445 e. The van der Waals surface area contributed by atoms with Crippen LogP contribution in [0.3, 0.4) is 0 Å². The molecule has 3 heteroatoms. The van der Waals surface area contributed by atoms with Gasteiger partial charge >= 0.3 is 0 Å². The SMILES string of the molecule is C=NC1=C(N=C)C(=C)C=CO1. The first-order valence-electron chi connectivity index (χ1n) is 3.00. The van der Waals surface area contributed by atoms with Gasteiger partial charge in [0.2, 0.25) is 5.88 Å². The average molecular weight is 148 g/mol. The highest BCUT2D eigenvalue weighted by Gasteiger charge is 2.10. The van der Waals surface area contributed by atoms with Gasteiger partial charge in [0.15, 0.2) is 0 Å². The van der Waals surface area contributed by atoms with Crippen LogP contribution in [0, 0.1) is 0 Å². The highest BCUT2D eigenvalue weighted by atomic mass is 16.5. The van der Waals surface area contributed by atoms with Gasteiger partial charge in [0.1, 0.15) is 5.70 Å². The summed E-state index contributed by atoms with van der Waals surface area (Å²) in [6.07, 6.45) is 3.18. The van der Waals surface area contributed by atoms with Crippen molar-refractivity contribution in [3.05, 3.63) is 36.1 Å². The molecule has 0 saturated carbocycles. The van der Waals surface area contributed by atoms with E-state index in [1.54, 1.807) is 6.08 Å². The van der Waals surface area contributed by atoms with Gasteiger partial charge in [-0.25, -0.2) is 4.99 Å². The molecule has 3 nitrogen and oxygen atoms in total. The fraction of sp³-hybridized carbons (Fsp3) is 0. The van der Waals surface area contributed by atoms with Crippen LogP contribution in [0.4, 0.5) is 0 Å². The van der Waals surface area contributed by atoms with Crippen molar-refractivity contribution in [2.45, 2.75) is 0 Å². The predicted octanol–water partition coefficient (Wildman–Crippen LogP) is 1.66. The Morgan fingerprint density at radius 1 is 1.27 bits per heavy atom. The highest BCUT2D eigenvalue weighted by molar-refractivity contribution is 5.46. The second-order valence-corrected chi connectivity index (χ2v) is 1.92. The summed E-state index contributed by atoms with van der Waals surface area (Å²) >= 11 is 0. The second kappa shape index (κ2) is 2.96. The first kappa shape index (κ1) is 7.47. The smallest absolute Gasteiger partial charge is 0.244 e. The fourth-order valence-corrected chi connectivity index (χ4v) is 0.734. The average Bonchev–Trinajstić information content (AvgIpc) is 2.04. The van der Waals surface area contributed by atoms with Crippen LogP contribution in [-0.2, 0) is 4.74 Å². The van der Waals surface area contributed by atoms with Gasteiger partial charge in [0, 0.05) is 5.57 Å². The van der Waals surface area contributed by atoms with Gasteiger partial charge in [-0.1, -0.05) is 6.58 Å². The van der Waals surface area contributed by atoms with Gasteiger partial charge in [-0.2, -0.15) is 0 Å². The molecule has 1 aliphatic heterocycles. The Kier molecular flexibility index (Phi) is 2.01. The van der Waals surface area contributed by atoms with Crippen LogP contribution in [0.5, 0.6) is 0 Å². The van der Waals surface area contributed by atoms with Gasteiger partial charge in [-0.05, 0) is 19.5 Å². The Hall–Kier alpha value is -1.64. The van der Waals surface area contributed by atoms with Crippen molar-refractivity contribution >= 4 is 13.4 Å². The lowest BCUT2D eigenvalue weighted by Crippen LogP contribution is -1.95. The van der Waals surface area contributed by atoms with Crippen LogP contribution in [0.25, 0.3) is 0 Å². The van der Waals surface area contributed by atoms with Crippen molar-refractivity contribution in [1.29, 1.82) is 0 Å². The zero-order chi connectivity index (χ0) is 8.27. The third kappa shape index (κ3) is 1.26. The summed E-state index contributed by atoms with van der Waals surface area (Å²) in [6.45, 7) is 10.4. The molecule has 0 fully saturated rings. The van der Waals surface area contributed by atoms with Crippen LogP contribution in [0.1, 0.15) is 0 Å². The number of allylic oxidation sites excluding steroid dienone is 1. The molecule has 0 aromatic carbocycles. The summed E-state index contributed by atoms with van der Waals surface area (Å²) < 4.78 is 4.98. The molecule has 1 heterocycles. The van der Waals surface area contributed by atoms with Crippen LogP contribution in [0.2, 0.25) is 0 Å². The summed E-state index contributed by atoms with van der Waals surface area (Å²) in [5.74, 6) is 0.354. The van der Waals surface area contributed by atoms with Crippen molar-refractivity contribution in [1.82, 2.24) is 0 Å². The number of hydrogen-bond donors (Lipinski definition) is 0. The first-order chi connectivity index (χ1) is 5.29. The second-order valence-electron chi connectivity index (χ2n) is 1.92. The van der Waals surface area contributed by atoms with Crippen LogP contribution in [0.15, 0.2) is 46.1 Å². The minimum absolute atomic E-state index is 0.354. The van der Waals surface area contributed by atoms with Gasteiger partial charge in [0.25, 0.3) is 0 Å². The Morgan fingerprint density at radius 2 is 2.00 bits per heavy atom. The van der Waals surface area contributed by atoms with Crippen molar-refractivity contribution in [2.24, 2.45) is 9.98 Å². The maximum absolute atomic E-state index is 4.98. The molecule has 56 valence electrons. The van der Waals surface area contributed by atoms with E-state index in [9.17, 15) is 0 Å². The molecule has 1 aliphatic rings. The number of hydrogen-bond acceptors (Lipinski definition) is 3. The van der Waals surface area contributed by atoms with E-state index in [1.807, 2.05) is 0 Å². The molecule has 0 N–H and O–H groups in total. The zero-order valence-corrected chi connectivity index (χ0v) is 6.08. The molecular weight excluding hydrogens is 140 g/mol. The topological polar surface area (TPSA) is 34.0 Å². The van der Waals surface area contributed by atoms with Crippen LogP contribution in [-0.4, -0.2) is 13.4 Å². The van der Waals surface area contributed by atoms with E-state index in [-0.39, 0.29) is 0 Å². The summed E-state index contributed by atoms with van der Waals surface area (Å²) in [5.41, 5.74) is 1.27. The molecule has 0 bridgehead atoms. The molecular formula is C8H8N2O. The van der Waals surface area contributed by atoms with Crippen molar-refractivity contribution < 1.29 is 4.74 Å². The Bertz CT molecular complexity index is 274. The molecule has 0 atom stereocenters. The lowest BCUT2D eigenvalue weighted by Gasteiger charge is -2.10. The molecule has 0 saturated heterocycles. The highest BCUT2D eigenvalue weighted by Crippen LogP contribution is 2.21. The van der Waals surface area contributed by atoms with E-state index < -0.39 is 0 Å². The zero-order valence-electron chi connectivity index (χ0n) is 6.08. The maximum Gasteiger partial charge on any atom is 0.244 e. The van der Waals surface area contributed by atoms with E-state index in [2.05, 4.69) is 30.0 Å². The number of nitrogens with zero attached hydrogens (tertiary/aromatic N) is 2. The molecule has 0 unspecified atom stereocenters. The minimum atomic E-state index is 0.354. The fourth-order valence-electron chi connectivity index (χ4n) is 0.734. The van der Waals surface area contributed by atoms with Crippen LogP contribution < -0.4 is 0 Å². The maximum atomic E-state index is 4.98. The third-order valence-electron chi connectivity index (χ3n) is 1.26. The molecule has 11 heavy (non-hydrogen) atoms. The van der Waals surface area contributed by atoms with Crippen LogP contribution >= 0.6 is 0 Å². The van der Waals surface area contributed by atoms with E-state index in [4.69, 9.17) is 4.74 Å². The Balaban J connectivity index is 3.08. The Morgan fingerprint density at radius 3 is 2.45 bits per heavy atom. The third-order valence-corrected chi connectivity index (χ3v) is 1.26. The molecule has 0 radical (unpaired) electrons. The molecule has 0 amide bonds. The molecule has 0 aliphatic carbocycles. The minimum Gasteiger partial charge on any atom is -0.445 e. The number of aliphatic imine (C=N–C) groups is 2. The summed E-state index contributed by atoms with van der Waals surface area (Å²) in [5, 5.41) is 0. The quantitative estimate of drug-likeness (QED) is 0.548. The molecule has 0 aromatic rings. The van der Waals surface area contributed by atoms with Gasteiger partial charge in [0.05, 0.1) is 6.26 Å². The first-order valence-corrected chi connectivity index (χ1v) is 3.00. The lowest BCUT2D eigenvalue weighted by molar-refractivity contribution is 0.338. The van der Waals surface area contributed by atoms with E-state index in [1.165, 1.54) is 6.26 Å². The van der Waals surface area contributed by atoms with Crippen molar-refractivity contribution in [3.63, 3.8) is 0 Å². The molecule has 0 spiro atoms. The van der Waals surface area contributed by atoms with E-state index in [0.717, 1.165) is 5.57 Å². The lowest BCUT2D eigenvalue weighted by atomic mass is 10.2. The summed E-state index contributed by atoms with van der Waals surface area (Å²) in [6, 6.07) is 0. The molecule has 0 aromatic heterocycles. The Labute approximate surface area is 65.1 Å². The van der Waals surface area contributed by atoms with E-state index in [0.29, 0.717) is 11.6 Å². The number of rotatable bonds is 2. The number of ether oxygens (including phenoxy) is 1. The monoisotopic (exact) mass is 148 g/mol. The van der Waals surface area contributed by atoms with Gasteiger partial charge in [-0.3, -0.25) is 4.99 Å². The predicted molar refractivity (Wildman–Crippen MR) is 45.5 cm³/mol. The molecule has 1 rings (SSSR count). The standard InChI is InChI=1S/C8H8N2O/c1-6-4-5-11-8(10-3)7(6)9-2/h4-5H,1-3H2. The van der Waals surface area contributed by atoms with Crippen molar-refractivity contribution in [2.75, 3.05) is 0 Å². The van der Waals surface area contributed by atoms with Gasteiger partial charge < -0.3 is 4.74 Å². The van der Waals surface area contributed by atoms with Gasteiger partial charge in [-0.15, -0.1) is 0 Å². The van der Waals surface area contributed by atoms with E-state index >= 15 is 0 Å². The summed E-state index contributed by atoms with van der Waals surface area (Å²) in [7, 11) is 0. The normalized spacial score (nSPS) is 16.2. The summed E-state index contributed by atoms with van der Waals surface area (Å²) in [4.78, 5) is 7.31.